The lowest BCUT2D eigenvalue weighted by atomic mass is 10.0. The van der Waals surface area contributed by atoms with E-state index in [1.807, 2.05) is 27.7 Å². The second-order valence-electron chi connectivity index (χ2n) is 2.93. The second kappa shape index (κ2) is 7.13. The molecular formula is C10H18F8. The number of alkyl halides is 8. The molecule has 18 heavy (non-hydrogen) atoms. The van der Waals surface area contributed by atoms with Crippen molar-refractivity contribution in [3.63, 3.8) is 0 Å². The molecule has 0 aromatic rings. The third kappa shape index (κ3) is 4.61. The summed E-state index contributed by atoms with van der Waals surface area (Å²) < 4.78 is 96.7. The van der Waals surface area contributed by atoms with Crippen LogP contribution in [0.3, 0.4) is 0 Å². The van der Waals surface area contributed by atoms with Crippen LogP contribution < -0.4 is 0 Å². The standard InChI is InChI=1S/C6H6F8.2C2H6/c1-3(7,8)5(11,12)6(13,14)4(2,9)10;2*1-2/h1-2H3;2*1-2H3. The van der Waals surface area contributed by atoms with Crippen molar-refractivity contribution in [2.45, 2.75) is 65.2 Å². The molecule has 0 aliphatic rings. The van der Waals surface area contributed by atoms with Gasteiger partial charge in [0.15, 0.2) is 0 Å². The van der Waals surface area contributed by atoms with E-state index in [2.05, 4.69) is 0 Å². The molecule has 0 aliphatic heterocycles. The molecule has 0 aliphatic carbocycles. The van der Waals surface area contributed by atoms with E-state index in [1.165, 1.54) is 0 Å². The summed E-state index contributed by atoms with van der Waals surface area (Å²) in [5, 5.41) is 0. The molecule has 0 N–H and O–H groups in total. The molecule has 0 heterocycles. The maximum atomic E-state index is 12.2. The zero-order valence-electron chi connectivity index (χ0n) is 11.0. The Hall–Kier alpha value is -0.560. The molecule has 0 aromatic heterocycles. The lowest BCUT2D eigenvalue weighted by molar-refractivity contribution is -0.357. The van der Waals surface area contributed by atoms with Gasteiger partial charge >= 0.3 is 23.7 Å². The summed E-state index contributed by atoms with van der Waals surface area (Å²) in [6.45, 7) is 6.90. The molecule has 0 saturated heterocycles. The van der Waals surface area contributed by atoms with Gasteiger partial charge < -0.3 is 0 Å². The highest BCUT2D eigenvalue weighted by Crippen LogP contribution is 2.51. The van der Waals surface area contributed by atoms with E-state index in [0.29, 0.717) is 0 Å². The van der Waals surface area contributed by atoms with Crippen molar-refractivity contribution < 1.29 is 35.1 Å². The first-order valence-corrected chi connectivity index (χ1v) is 5.26. The highest BCUT2D eigenvalue weighted by Gasteiger charge is 2.77. The van der Waals surface area contributed by atoms with Crippen LogP contribution in [0.1, 0.15) is 41.5 Å². The van der Waals surface area contributed by atoms with Crippen molar-refractivity contribution in [3.8, 4) is 0 Å². The van der Waals surface area contributed by atoms with Gasteiger partial charge in [0.05, 0.1) is 0 Å². The Morgan fingerprint density at radius 1 is 0.444 bits per heavy atom. The molecule has 0 amide bonds. The molecule has 0 atom stereocenters. The zero-order chi connectivity index (χ0) is 16.0. The Morgan fingerprint density at radius 3 is 0.611 bits per heavy atom. The van der Waals surface area contributed by atoms with Gasteiger partial charge in [-0.05, 0) is 0 Å². The fourth-order valence-corrected chi connectivity index (χ4v) is 0.551. The van der Waals surface area contributed by atoms with Crippen LogP contribution in [0.4, 0.5) is 35.1 Å². The summed E-state index contributed by atoms with van der Waals surface area (Å²) in [4.78, 5) is 0. The second-order valence-corrected chi connectivity index (χ2v) is 2.93. The van der Waals surface area contributed by atoms with Crippen molar-refractivity contribution in [1.82, 2.24) is 0 Å². The molecule has 8 heteroatoms. The topological polar surface area (TPSA) is 0 Å². The van der Waals surface area contributed by atoms with Gasteiger partial charge in [-0.2, -0.15) is 35.1 Å². The molecule has 0 fully saturated rings. The largest absolute Gasteiger partial charge is 0.377 e. The highest BCUT2D eigenvalue weighted by molar-refractivity contribution is 5.00. The first kappa shape index (κ1) is 22.6. The Bertz CT molecular complexity index is 187. The first-order valence-electron chi connectivity index (χ1n) is 5.26. The Kier molecular flexibility index (Phi) is 8.96. The SMILES string of the molecule is CC.CC.CC(F)(F)C(F)(F)C(F)(F)C(C)(F)F. The van der Waals surface area contributed by atoms with Gasteiger partial charge in [0.25, 0.3) is 0 Å². The summed E-state index contributed by atoms with van der Waals surface area (Å²) in [7, 11) is 0. The van der Waals surface area contributed by atoms with E-state index in [0.717, 1.165) is 0 Å². The van der Waals surface area contributed by atoms with Crippen molar-refractivity contribution in [3.05, 3.63) is 0 Å². The van der Waals surface area contributed by atoms with Crippen molar-refractivity contribution in [2.24, 2.45) is 0 Å². The van der Waals surface area contributed by atoms with Gasteiger partial charge in [-0.3, -0.25) is 0 Å². The smallest absolute Gasteiger partial charge is 0.200 e. The lowest BCUT2D eigenvalue weighted by Gasteiger charge is -2.33. The van der Waals surface area contributed by atoms with Crippen molar-refractivity contribution in [1.29, 1.82) is 0 Å². The predicted molar refractivity (Wildman–Crippen MR) is 53.8 cm³/mol. The molecule has 0 aromatic carbocycles. The summed E-state index contributed by atoms with van der Waals surface area (Å²) in [6, 6.07) is 0. The van der Waals surface area contributed by atoms with Crippen LogP contribution >= 0.6 is 0 Å². The van der Waals surface area contributed by atoms with E-state index in [9.17, 15) is 35.1 Å². The molecule has 0 spiro atoms. The molecule has 0 radical (unpaired) electrons. The average Bonchev–Trinajstić information content (AvgIpc) is 2.20. The van der Waals surface area contributed by atoms with Crippen LogP contribution in [0, 0.1) is 0 Å². The predicted octanol–water partition coefficient (Wildman–Crippen LogP) is 5.62. The van der Waals surface area contributed by atoms with E-state index in [1.54, 1.807) is 0 Å². The minimum absolute atomic E-state index is 0.549. The van der Waals surface area contributed by atoms with Crippen LogP contribution in [0.2, 0.25) is 0 Å². The quantitative estimate of drug-likeness (QED) is 0.592. The van der Waals surface area contributed by atoms with Crippen LogP contribution in [0.5, 0.6) is 0 Å². The number of halogens is 8. The van der Waals surface area contributed by atoms with Crippen LogP contribution in [-0.2, 0) is 0 Å². The highest BCUT2D eigenvalue weighted by atomic mass is 19.4. The third-order valence-corrected chi connectivity index (χ3v) is 1.50. The van der Waals surface area contributed by atoms with Gasteiger partial charge in [-0.25, -0.2) is 0 Å². The van der Waals surface area contributed by atoms with Gasteiger partial charge in [-0.1, -0.05) is 27.7 Å². The van der Waals surface area contributed by atoms with Gasteiger partial charge in [0.2, 0.25) is 0 Å². The third-order valence-electron chi connectivity index (χ3n) is 1.50. The summed E-state index contributed by atoms with van der Waals surface area (Å²) in [6.07, 6.45) is 0. The maximum absolute atomic E-state index is 12.2. The van der Waals surface area contributed by atoms with Gasteiger partial charge in [-0.15, -0.1) is 0 Å². The van der Waals surface area contributed by atoms with E-state index < -0.39 is 37.5 Å². The summed E-state index contributed by atoms with van der Waals surface area (Å²) in [5.41, 5.74) is 0. The number of hydrogen-bond acceptors (Lipinski definition) is 0. The minimum Gasteiger partial charge on any atom is -0.200 e. The van der Waals surface area contributed by atoms with Crippen LogP contribution in [-0.4, -0.2) is 23.7 Å². The van der Waals surface area contributed by atoms with E-state index in [4.69, 9.17) is 0 Å². The van der Waals surface area contributed by atoms with E-state index >= 15 is 0 Å². The molecule has 0 bridgehead atoms. The summed E-state index contributed by atoms with van der Waals surface area (Å²) >= 11 is 0. The molecular weight excluding hydrogens is 272 g/mol. The van der Waals surface area contributed by atoms with Crippen molar-refractivity contribution in [2.75, 3.05) is 0 Å². The van der Waals surface area contributed by atoms with Gasteiger partial charge in [0, 0.05) is 13.8 Å². The summed E-state index contributed by atoms with van der Waals surface area (Å²) in [5.74, 6) is -22.7. The minimum atomic E-state index is -6.10. The lowest BCUT2D eigenvalue weighted by Crippen LogP contribution is -2.60. The molecule has 0 nitrogen and oxygen atoms in total. The molecule has 0 saturated carbocycles. The molecule has 114 valence electrons. The Balaban J connectivity index is -0.000000506. The first-order chi connectivity index (χ1) is 7.75. The van der Waals surface area contributed by atoms with Gasteiger partial charge in [0.1, 0.15) is 0 Å². The monoisotopic (exact) mass is 290 g/mol. The zero-order valence-corrected chi connectivity index (χ0v) is 11.0. The number of hydrogen-bond donors (Lipinski definition) is 0. The number of rotatable bonds is 3. The fraction of sp³-hybridized carbons (Fsp3) is 1.00. The average molecular weight is 290 g/mol. The van der Waals surface area contributed by atoms with E-state index in [-0.39, 0.29) is 0 Å². The fourth-order valence-electron chi connectivity index (χ4n) is 0.551. The molecule has 0 unspecified atom stereocenters. The Morgan fingerprint density at radius 2 is 0.556 bits per heavy atom. The Labute approximate surface area is 101 Å². The van der Waals surface area contributed by atoms with Crippen LogP contribution in [0.25, 0.3) is 0 Å². The van der Waals surface area contributed by atoms with Crippen molar-refractivity contribution >= 4 is 0 Å². The molecule has 0 rings (SSSR count). The normalized spacial score (nSPS) is 13.0. The van der Waals surface area contributed by atoms with Crippen LogP contribution in [0.15, 0.2) is 0 Å². The maximum Gasteiger partial charge on any atom is 0.377 e.